The topological polar surface area (TPSA) is 32.3 Å². The Balaban J connectivity index is 2.04. The van der Waals surface area contributed by atoms with Crippen molar-refractivity contribution in [1.29, 1.82) is 0 Å². The van der Waals surface area contributed by atoms with E-state index in [4.69, 9.17) is 11.6 Å². The average Bonchev–Trinajstić information content (AvgIpc) is 2.75. The van der Waals surface area contributed by atoms with Crippen LogP contribution in [0.1, 0.15) is 22.5 Å². The van der Waals surface area contributed by atoms with Crippen molar-refractivity contribution >= 4 is 28.8 Å². The molecule has 1 aliphatic heterocycles. The van der Waals surface area contributed by atoms with Crippen LogP contribution in [0.3, 0.4) is 0 Å². The van der Waals surface area contributed by atoms with Crippen molar-refractivity contribution in [2.75, 3.05) is 20.1 Å². The molecule has 0 saturated carbocycles. The van der Waals surface area contributed by atoms with Crippen LogP contribution in [0.15, 0.2) is 12.1 Å². The molecule has 3 nitrogen and oxygen atoms in total. The van der Waals surface area contributed by atoms with Crippen LogP contribution < -0.4 is 5.32 Å². The smallest absolute Gasteiger partial charge is 0.264 e. The number of thiophene rings is 1. The highest BCUT2D eigenvalue weighted by molar-refractivity contribution is 7.17. The first-order valence-corrected chi connectivity index (χ1v) is 6.62. The summed E-state index contributed by atoms with van der Waals surface area (Å²) < 4.78 is 0.672. The number of likely N-dealkylation sites (tertiary alicyclic amines) is 1. The van der Waals surface area contributed by atoms with Crippen molar-refractivity contribution in [2.45, 2.75) is 18.9 Å². The third-order valence-electron chi connectivity index (χ3n) is 2.90. The van der Waals surface area contributed by atoms with Crippen molar-refractivity contribution in [3.63, 3.8) is 0 Å². The van der Waals surface area contributed by atoms with E-state index in [0.717, 1.165) is 30.8 Å². The van der Waals surface area contributed by atoms with Crippen LogP contribution in [0.2, 0.25) is 4.34 Å². The second kappa shape index (κ2) is 5.17. The van der Waals surface area contributed by atoms with Crippen molar-refractivity contribution in [3.05, 3.63) is 21.3 Å². The van der Waals surface area contributed by atoms with Gasteiger partial charge in [0.05, 0.1) is 9.21 Å². The summed E-state index contributed by atoms with van der Waals surface area (Å²) in [7, 11) is 1.95. The summed E-state index contributed by atoms with van der Waals surface area (Å²) in [5.41, 5.74) is 0. The van der Waals surface area contributed by atoms with Gasteiger partial charge in [-0.3, -0.25) is 4.79 Å². The predicted octanol–water partition coefficient (Wildman–Crippen LogP) is 2.23. The fraction of sp³-hybridized carbons (Fsp3) is 0.545. The summed E-state index contributed by atoms with van der Waals surface area (Å²) in [6.07, 6.45) is 2.21. The molecule has 1 fully saturated rings. The molecule has 2 rings (SSSR count). The molecule has 1 aliphatic rings. The van der Waals surface area contributed by atoms with Crippen LogP contribution in [-0.4, -0.2) is 37.0 Å². The van der Waals surface area contributed by atoms with Gasteiger partial charge in [-0.15, -0.1) is 11.3 Å². The first-order valence-electron chi connectivity index (χ1n) is 5.42. The Bertz CT molecular complexity index is 380. The van der Waals surface area contributed by atoms with Gasteiger partial charge in [0, 0.05) is 19.1 Å². The maximum Gasteiger partial charge on any atom is 0.264 e. The Morgan fingerprint density at radius 2 is 2.44 bits per heavy atom. The third kappa shape index (κ3) is 2.56. The van der Waals surface area contributed by atoms with Gasteiger partial charge in [-0.05, 0) is 32.0 Å². The normalized spacial score (nSPS) is 21.1. The molecule has 0 aromatic carbocycles. The Kier molecular flexibility index (Phi) is 3.84. The number of halogens is 1. The zero-order valence-electron chi connectivity index (χ0n) is 9.20. The lowest BCUT2D eigenvalue weighted by Gasteiger charge is -2.32. The molecule has 1 aromatic heterocycles. The predicted molar refractivity (Wildman–Crippen MR) is 67.3 cm³/mol. The van der Waals surface area contributed by atoms with E-state index in [1.165, 1.54) is 11.3 Å². The Morgan fingerprint density at radius 3 is 3.06 bits per heavy atom. The summed E-state index contributed by atoms with van der Waals surface area (Å²) in [6, 6.07) is 4.00. The lowest BCUT2D eigenvalue weighted by Crippen LogP contribution is -2.46. The summed E-state index contributed by atoms with van der Waals surface area (Å²) in [5, 5.41) is 3.23. The Labute approximate surface area is 104 Å². The minimum Gasteiger partial charge on any atom is -0.336 e. The quantitative estimate of drug-likeness (QED) is 0.882. The van der Waals surface area contributed by atoms with E-state index in [2.05, 4.69) is 5.32 Å². The maximum absolute atomic E-state index is 12.1. The molecule has 5 heteroatoms. The number of nitrogens with zero attached hydrogens (tertiary/aromatic N) is 1. The maximum atomic E-state index is 12.1. The summed E-state index contributed by atoms with van der Waals surface area (Å²) >= 11 is 7.19. The largest absolute Gasteiger partial charge is 0.336 e. The molecule has 0 bridgehead atoms. The van der Waals surface area contributed by atoms with Gasteiger partial charge < -0.3 is 10.2 Å². The average molecular weight is 259 g/mol. The van der Waals surface area contributed by atoms with Gasteiger partial charge in [-0.2, -0.15) is 0 Å². The summed E-state index contributed by atoms with van der Waals surface area (Å²) in [6.45, 7) is 1.65. The number of piperidine rings is 1. The molecule has 1 N–H and O–H groups in total. The molecule has 2 heterocycles. The van der Waals surface area contributed by atoms with Crippen molar-refractivity contribution < 1.29 is 4.79 Å². The fourth-order valence-electron chi connectivity index (χ4n) is 1.98. The molecular formula is C11H15ClN2OS. The number of carbonyl (C=O) groups is 1. The first-order chi connectivity index (χ1) is 7.70. The minimum absolute atomic E-state index is 0.108. The van der Waals surface area contributed by atoms with E-state index in [-0.39, 0.29) is 5.91 Å². The Hall–Kier alpha value is -0.580. The number of nitrogens with one attached hydrogen (secondary N) is 1. The third-order valence-corrected chi connectivity index (χ3v) is 4.12. The van der Waals surface area contributed by atoms with E-state index in [0.29, 0.717) is 10.4 Å². The van der Waals surface area contributed by atoms with E-state index >= 15 is 0 Å². The van der Waals surface area contributed by atoms with Crippen LogP contribution in [0.4, 0.5) is 0 Å². The molecule has 0 aliphatic carbocycles. The van der Waals surface area contributed by atoms with E-state index < -0.39 is 0 Å². The number of amides is 1. The highest BCUT2D eigenvalue weighted by Gasteiger charge is 2.24. The van der Waals surface area contributed by atoms with E-state index in [1.54, 1.807) is 12.1 Å². The standard InChI is InChI=1S/C11H15ClN2OS/c1-13-8-3-2-6-14(7-8)11(15)9-4-5-10(12)16-9/h4-5,8,13H,2-3,6-7H2,1H3. The Morgan fingerprint density at radius 1 is 1.62 bits per heavy atom. The number of hydrogen-bond acceptors (Lipinski definition) is 3. The van der Waals surface area contributed by atoms with Gasteiger partial charge in [-0.1, -0.05) is 11.6 Å². The molecular weight excluding hydrogens is 244 g/mol. The van der Waals surface area contributed by atoms with Crippen molar-refractivity contribution in [1.82, 2.24) is 10.2 Å². The van der Waals surface area contributed by atoms with Crippen LogP contribution in [0, 0.1) is 0 Å². The highest BCUT2D eigenvalue weighted by atomic mass is 35.5. The van der Waals surface area contributed by atoms with Crippen LogP contribution >= 0.6 is 22.9 Å². The van der Waals surface area contributed by atoms with Crippen LogP contribution in [0.5, 0.6) is 0 Å². The zero-order chi connectivity index (χ0) is 11.5. The molecule has 1 saturated heterocycles. The SMILES string of the molecule is CNC1CCCN(C(=O)c2ccc(Cl)s2)C1. The molecule has 1 amide bonds. The number of rotatable bonds is 2. The molecule has 1 atom stereocenters. The van der Waals surface area contributed by atoms with Gasteiger partial charge >= 0.3 is 0 Å². The lowest BCUT2D eigenvalue weighted by atomic mass is 10.1. The van der Waals surface area contributed by atoms with Crippen molar-refractivity contribution in [3.8, 4) is 0 Å². The van der Waals surface area contributed by atoms with Gasteiger partial charge in [0.1, 0.15) is 0 Å². The van der Waals surface area contributed by atoms with Crippen LogP contribution in [0.25, 0.3) is 0 Å². The van der Waals surface area contributed by atoms with Crippen molar-refractivity contribution in [2.24, 2.45) is 0 Å². The summed E-state index contributed by atoms with van der Waals surface area (Å²) in [4.78, 5) is 14.8. The molecule has 88 valence electrons. The molecule has 1 unspecified atom stereocenters. The number of hydrogen-bond donors (Lipinski definition) is 1. The second-order valence-electron chi connectivity index (χ2n) is 3.98. The highest BCUT2D eigenvalue weighted by Crippen LogP contribution is 2.23. The number of carbonyl (C=O) groups excluding carboxylic acids is 1. The van der Waals surface area contributed by atoms with Gasteiger partial charge in [0.25, 0.3) is 5.91 Å². The summed E-state index contributed by atoms with van der Waals surface area (Å²) in [5.74, 6) is 0.108. The zero-order valence-corrected chi connectivity index (χ0v) is 10.8. The molecule has 16 heavy (non-hydrogen) atoms. The van der Waals surface area contributed by atoms with E-state index in [1.807, 2.05) is 11.9 Å². The van der Waals surface area contributed by atoms with E-state index in [9.17, 15) is 4.79 Å². The minimum atomic E-state index is 0.108. The van der Waals surface area contributed by atoms with Gasteiger partial charge in [0.15, 0.2) is 0 Å². The van der Waals surface area contributed by atoms with Crippen LogP contribution in [-0.2, 0) is 0 Å². The first kappa shape index (κ1) is 11.9. The molecule has 0 spiro atoms. The van der Waals surface area contributed by atoms with Gasteiger partial charge in [0.2, 0.25) is 0 Å². The molecule has 1 aromatic rings. The second-order valence-corrected chi connectivity index (χ2v) is 5.70. The monoisotopic (exact) mass is 258 g/mol. The lowest BCUT2D eigenvalue weighted by molar-refractivity contribution is 0.0703. The molecule has 0 radical (unpaired) electrons. The number of likely N-dealkylation sites (N-methyl/N-ethyl adjacent to an activating group) is 1. The van der Waals surface area contributed by atoms with Gasteiger partial charge in [-0.25, -0.2) is 0 Å². The fourth-order valence-corrected chi connectivity index (χ4v) is 2.99.